The molecule has 0 saturated carbocycles. The molecule has 6 nitrogen and oxygen atoms in total. The number of carbonyl (C=O) groups excluding carboxylic acids is 2. The molecule has 0 aromatic heterocycles. The Kier molecular flexibility index (Phi) is 8.54. The van der Waals surface area contributed by atoms with Gasteiger partial charge in [-0.15, -0.1) is 0 Å². The van der Waals surface area contributed by atoms with Crippen LogP contribution in [-0.4, -0.2) is 31.1 Å². The first-order valence-corrected chi connectivity index (χ1v) is 9.32. The Hall–Kier alpha value is -3.00. The van der Waals surface area contributed by atoms with Crippen molar-refractivity contribution in [2.45, 2.75) is 39.0 Å². The van der Waals surface area contributed by atoms with Gasteiger partial charge in [-0.25, -0.2) is 4.79 Å². The molecular weight excluding hydrogens is 380 g/mol. The van der Waals surface area contributed by atoms with Crippen LogP contribution in [0.2, 0.25) is 0 Å². The number of hydrogen-bond donors (Lipinski definition) is 3. The predicted octanol–water partition coefficient (Wildman–Crippen LogP) is 3.59. The van der Waals surface area contributed by atoms with E-state index in [0.29, 0.717) is 0 Å². The number of imide groups is 1. The second kappa shape index (κ2) is 11.1. The lowest BCUT2D eigenvalue weighted by Gasteiger charge is -2.20. The first-order chi connectivity index (χ1) is 13.9. The molecule has 2 aromatic rings. The van der Waals surface area contributed by atoms with Crippen molar-refractivity contribution in [1.82, 2.24) is 16.0 Å². The highest BCUT2D eigenvalue weighted by Gasteiger charge is 2.17. The highest BCUT2D eigenvalue weighted by atomic mass is 19.3. The third kappa shape index (κ3) is 7.50. The van der Waals surface area contributed by atoms with E-state index in [0.717, 1.165) is 17.5 Å². The number of alkyl halides is 2. The fourth-order valence-corrected chi connectivity index (χ4v) is 2.64. The Balaban J connectivity index is 2.06. The zero-order valence-electron chi connectivity index (χ0n) is 16.3. The van der Waals surface area contributed by atoms with E-state index < -0.39 is 18.5 Å². The third-order valence-electron chi connectivity index (χ3n) is 4.28. The summed E-state index contributed by atoms with van der Waals surface area (Å²) in [5.74, 6) is -0.431. The molecule has 0 heterocycles. The molecule has 3 amide bonds. The van der Waals surface area contributed by atoms with Crippen molar-refractivity contribution in [1.29, 1.82) is 0 Å². The van der Waals surface area contributed by atoms with Gasteiger partial charge in [0.15, 0.2) is 0 Å². The molecule has 8 heteroatoms. The maximum atomic E-state index is 12.3. The van der Waals surface area contributed by atoms with E-state index in [2.05, 4.69) is 20.7 Å². The van der Waals surface area contributed by atoms with Crippen LogP contribution in [0, 0.1) is 0 Å². The Morgan fingerprint density at radius 1 is 1.00 bits per heavy atom. The van der Waals surface area contributed by atoms with Gasteiger partial charge in [0, 0.05) is 6.04 Å². The summed E-state index contributed by atoms with van der Waals surface area (Å²) in [7, 11) is 0. The average molecular weight is 405 g/mol. The minimum Gasteiger partial charge on any atom is -0.435 e. The summed E-state index contributed by atoms with van der Waals surface area (Å²) in [6, 6.07) is 14.6. The lowest BCUT2D eigenvalue weighted by molar-refractivity contribution is -0.119. The summed E-state index contributed by atoms with van der Waals surface area (Å²) < 4.78 is 29.1. The second-order valence-electron chi connectivity index (χ2n) is 6.50. The van der Waals surface area contributed by atoms with Gasteiger partial charge in [0.1, 0.15) is 5.75 Å². The maximum absolute atomic E-state index is 12.3. The van der Waals surface area contributed by atoms with Crippen molar-refractivity contribution in [2.75, 3.05) is 6.54 Å². The number of carbonyl (C=O) groups is 2. The van der Waals surface area contributed by atoms with E-state index in [4.69, 9.17) is 0 Å². The fraction of sp³-hybridized carbons (Fsp3) is 0.333. The molecule has 3 N–H and O–H groups in total. The molecule has 0 saturated heterocycles. The summed E-state index contributed by atoms with van der Waals surface area (Å²) in [5, 5.41) is 8.04. The van der Waals surface area contributed by atoms with Crippen molar-refractivity contribution in [3.05, 3.63) is 65.7 Å². The summed E-state index contributed by atoms with van der Waals surface area (Å²) in [6.07, 6.45) is 0.751. The Labute approximate surface area is 168 Å². The monoisotopic (exact) mass is 405 g/mol. The van der Waals surface area contributed by atoms with Gasteiger partial charge in [0.05, 0.1) is 12.6 Å². The predicted molar refractivity (Wildman–Crippen MR) is 106 cm³/mol. The molecule has 0 aliphatic heterocycles. The van der Waals surface area contributed by atoms with Gasteiger partial charge in [-0.3, -0.25) is 15.4 Å². The van der Waals surface area contributed by atoms with Gasteiger partial charge in [0.2, 0.25) is 5.91 Å². The molecule has 0 aliphatic rings. The van der Waals surface area contributed by atoms with Gasteiger partial charge in [-0.1, -0.05) is 49.4 Å². The molecule has 0 spiro atoms. The van der Waals surface area contributed by atoms with Crippen molar-refractivity contribution in [2.24, 2.45) is 0 Å². The van der Waals surface area contributed by atoms with Crippen molar-refractivity contribution in [3.63, 3.8) is 0 Å². The lowest BCUT2D eigenvalue weighted by atomic mass is 9.98. The normalized spacial score (nSPS) is 12.9. The standard InChI is InChI=1S/C21H25F2N3O3/c1-3-14(2)25-21(28)26-18(27)13-24-19(15-7-5-4-6-8-15)16-9-11-17(12-10-16)29-20(22)23/h4-12,14,19-20,24H,3,13H2,1-2H3,(H2,25,26,27,28)/t14-,19-/m0/s1. The molecule has 2 atom stereocenters. The van der Waals surface area contributed by atoms with Gasteiger partial charge in [0.25, 0.3) is 0 Å². The van der Waals surface area contributed by atoms with Crippen LogP contribution in [0.25, 0.3) is 0 Å². The van der Waals surface area contributed by atoms with E-state index >= 15 is 0 Å². The van der Waals surface area contributed by atoms with Crippen LogP contribution in [0.5, 0.6) is 5.75 Å². The maximum Gasteiger partial charge on any atom is 0.387 e. The molecule has 0 aliphatic carbocycles. The molecule has 0 fully saturated rings. The molecule has 2 rings (SSSR count). The molecule has 0 bridgehead atoms. The van der Waals surface area contributed by atoms with E-state index in [-0.39, 0.29) is 24.4 Å². The third-order valence-corrected chi connectivity index (χ3v) is 4.28. The van der Waals surface area contributed by atoms with Crippen LogP contribution in [-0.2, 0) is 4.79 Å². The van der Waals surface area contributed by atoms with E-state index in [1.807, 2.05) is 44.2 Å². The molecule has 0 unspecified atom stereocenters. The number of amides is 3. The lowest BCUT2D eigenvalue weighted by Crippen LogP contribution is -2.46. The van der Waals surface area contributed by atoms with Gasteiger partial charge in [-0.05, 0) is 36.6 Å². The summed E-state index contributed by atoms with van der Waals surface area (Å²) in [4.78, 5) is 23.9. The quantitative estimate of drug-likeness (QED) is 0.596. The van der Waals surface area contributed by atoms with Gasteiger partial charge < -0.3 is 10.1 Å². The molecule has 0 radical (unpaired) electrons. The Morgan fingerprint density at radius 2 is 1.62 bits per heavy atom. The summed E-state index contributed by atoms with van der Waals surface area (Å²) in [5.41, 5.74) is 1.64. The van der Waals surface area contributed by atoms with E-state index in [1.165, 1.54) is 12.1 Å². The zero-order valence-corrected chi connectivity index (χ0v) is 16.3. The highest BCUT2D eigenvalue weighted by Crippen LogP contribution is 2.24. The minimum absolute atomic E-state index is 0.0400. The number of nitrogens with one attached hydrogen (secondary N) is 3. The number of hydrogen-bond acceptors (Lipinski definition) is 4. The summed E-state index contributed by atoms with van der Waals surface area (Å²) in [6.45, 7) is 0.767. The van der Waals surface area contributed by atoms with Crippen LogP contribution < -0.4 is 20.7 Å². The van der Waals surface area contributed by atoms with Crippen LogP contribution in [0.3, 0.4) is 0 Å². The van der Waals surface area contributed by atoms with Crippen molar-refractivity contribution < 1.29 is 23.1 Å². The number of benzene rings is 2. The Bertz CT molecular complexity index is 786. The van der Waals surface area contributed by atoms with E-state index in [1.54, 1.807) is 12.1 Å². The van der Waals surface area contributed by atoms with Crippen LogP contribution in [0.1, 0.15) is 37.4 Å². The largest absolute Gasteiger partial charge is 0.435 e. The first-order valence-electron chi connectivity index (χ1n) is 9.32. The smallest absolute Gasteiger partial charge is 0.387 e. The van der Waals surface area contributed by atoms with Gasteiger partial charge in [-0.2, -0.15) is 8.78 Å². The average Bonchev–Trinajstić information content (AvgIpc) is 2.69. The SMILES string of the molecule is CC[C@H](C)NC(=O)NC(=O)CN[C@@H](c1ccccc1)c1ccc(OC(F)F)cc1. The summed E-state index contributed by atoms with van der Waals surface area (Å²) >= 11 is 0. The Morgan fingerprint density at radius 3 is 2.21 bits per heavy atom. The molecule has 29 heavy (non-hydrogen) atoms. The van der Waals surface area contributed by atoms with Crippen LogP contribution >= 0.6 is 0 Å². The molecule has 2 aromatic carbocycles. The van der Waals surface area contributed by atoms with Crippen LogP contribution in [0.15, 0.2) is 54.6 Å². The number of ether oxygens (including phenoxy) is 1. The first kappa shape index (κ1) is 22.3. The van der Waals surface area contributed by atoms with Crippen molar-refractivity contribution >= 4 is 11.9 Å². The number of rotatable bonds is 9. The topological polar surface area (TPSA) is 79.5 Å². The van der Waals surface area contributed by atoms with E-state index in [9.17, 15) is 18.4 Å². The van der Waals surface area contributed by atoms with Crippen LogP contribution in [0.4, 0.5) is 13.6 Å². The molecule has 156 valence electrons. The molecular formula is C21H25F2N3O3. The van der Waals surface area contributed by atoms with Gasteiger partial charge >= 0.3 is 12.6 Å². The highest BCUT2D eigenvalue weighted by molar-refractivity contribution is 5.95. The number of urea groups is 1. The zero-order chi connectivity index (χ0) is 21.2. The fourth-order valence-electron chi connectivity index (χ4n) is 2.64. The number of halogens is 2. The minimum atomic E-state index is -2.89. The van der Waals surface area contributed by atoms with Crippen molar-refractivity contribution in [3.8, 4) is 5.75 Å². The second-order valence-corrected chi connectivity index (χ2v) is 6.50.